The maximum Gasteiger partial charge on any atom is 0.128 e. The Morgan fingerprint density at radius 2 is 0.594 bits per heavy atom. The molecular formula is C20H20Br4N8. The zero-order valence-electron chi connectivity index (χ0n) is 16.5. The van der Waals surface area contributed by atoms with Crippen LogP contribution in [0.3, 0.4) is 0 Å². The molecule has 8 N–H and O–H groups in total. The minimum atomic E-state index is 0.674. The van der Waals surface area contributed by atoms with E-state index in [4.69, 9.17) is 22.9 Å². The lowest BCUT2D eigenvalue weighted by Crippen LogP contribution is -1.86. The SMILES string of the molecule is Nc1cccnc1Br.Nc1cccnc1Br.Nc1cccnc1Br.Nc1cccnc1Br. The van der Waals surface area contributed by atoms with Gasteiger partial charge in [0.25, 0.3) is 0 Å². The molecule has 0 fully saturated rings. The second-order valence-corrected chi connectivity index (χ2v) is 8.54. The molecule has 0 unspecified atom stereocenters. The van der Waals surface area contributed by atoms with Gasteiger partial charge in [0.05, 0.1) is 22.7 Å². The van der Waals surface area contributed by atoms with Gasteiger partial charge in [-0.2, -0.15) is 0 Å². The van der Waals surface area contributed by atoms with Gasteiger partial charge >= 0.3 is 0 Å². The van der Waals surface area contributed by atoms with E-state index in [2.05, 4.69) is 83.7 Å². The first kappa shape index (κ1) is 27.8. The number of nitrogens with zero attached hydrogens (tertiary/aromatic N) is 4. The van der Waals surface area contributed by atoms with E-state index in [1.807, 2.05) is 0 Å². The fourth-order valence-corrected chi connectivity index (χ4v) is 2.60. The van der Waals surface area contributed by atoms with Crippen molar-refractivity contribution in [2.45, 2.75) is 0 Å². The summed E-state index contributed by atoms with van der Waals surface area (Å²) in [5, 5.41) is 0. The van der Waals surface area contributed by atoms with Crippen molar-refractivity contribution >= 4 is 86.5 Å². The molecule has 4 heterocycles. The summed E-state index contributed by atoms with van der Waals surface area (Å²) >= 11 is 12.6. The Kier molecular flexibility index (Phi) is 13.5. The zero-order valence-corrected chi connectivity index (χ0v) is 22.9. The number of nitrogens with two attached hydrogens (primary N) is 4. The van der Waals surface area contributed by atoms with E-state index < -0.39 is 0 Å². The predicted octanol–water partition coefficient (Wildman–Crippen LogP) is 5.71. The summed E-state index contributed by atoms with van der Waals surface area (Å²) in [5.74, 6) is 0. The molecular weight excluding hydrogens is 672 g/mol. The maximum atomic E-state index is 5.41. The quantitative estimate of drug-likeness (QED) is 0.171. The third-order valence-corrected chi connectivity index (χ3v) is 5.80. The fourth-order valence-electron chi connectivity index (χ4n) is 1.59. The number of halogens is 4. The lowest BCUT2D eigenvalue weighted by molar-refractivity contribution is 1.28. The average molecular weight is 692 g/mol. The summed E-state index contributed by atoms with van der Waals surface area (Å²) < 4.78 is 2.83. The molecule has 0 atom stereocenters. The Balaban J connectivity index is 0.000000213. The number of rotatable bonds is 0. The third kappa shape index (κ3) is 11.4. The van der Waals surface area contributed by atoms with Crippen LogP contribution in [0.4, 0.5) is 22.7 Å². The molecule has 4 aromatic rings. The number of hydrogen-bond donors (Lipinski definition) is 4. The highest BCUT2D eigenvalue weighted by molar-refractivity contribution is 9.11. The van der Waals surface area contributed by atoms with Crippen LogP contribution >= 0.6 is 63.7 Å². The molecule has 0 bridgehead atoms. The molecule has 4 aromatic heterocycles. The van der Waals surface area contributed by atoms with Crippen molar-refractivity contribution in [1.82, 2.24) is 19.9 Å². The highest BCUT2D eigenvalue weighted by Crippen LogP contribution is 2.14. The van der Waals surface area contributed by atoms with Crippen LogP contribution in [0.25, 0.3) is 0 Å². The van der Waals surface area contributed by atoms with Crippen molar-refractivity contribution in [3.8, 4) is 0 Å². The van der Waals surface area contributed by atoms with E-state index in [0.29, 0.717) is 41.2 Å². The smallest absolute Gasteiger partial charge is 0.128 e. The third-order valence-electron chi connectivity index (χ3n) is 3.15. The standard InChI is InChI=1S/4C5H5BrN2/c4*6-5-4(7)2-1-3-8-5/h4*1-3H,7H2. The molecule has 4 rings (SSSR count). The van der Waals surface area contributed by atoms with Crippen molar-refractivity contribution in [2.24, 2.45) is 0 Å². The van der Waals surface area contributed by atoms with Gasteiger partial charge in [-0.25, -0.2) is 19.9 Å². The van der Waals surface area contributed by atoms with Crippen LogP contribution in [0, 0.1) is 0 Å². The van der Waals surface area contributed by atoms with Gasteiger partial charge in [-0.1, -0.05) is 0 Å². The van der Waals surface area contributed by atoms with Gasteiger partial charge in [-0.05, 0) is 112 Å². The first-order chi connectivity index (χ1) is 15.2. The maximum absolute atomic E-state index is 5.41. The van der Waals surface area contributed by atoms with Crippen molar-refractivity contribution in [3.63, 3.8) is 0 Å². The van der Waals surface area contributed by atoms with Gasteiger partial charge in [0, 0.05) is 24.8 Å². The molecule has 32 heavy (non-hydrogen) atoms. The average Bonchev–Trinajstić information content (AvgIpc) is 2.78. The van der Waals surface area contributed by atoms with Crippen LogP contribution < -0.4 is 22.9 Å². The summed E-state index contributed by atoms with van der Waals surface area (Å²) in [6.07, 6.45) is 6.72. The normalized spacial score (nSPS) is 9.12. The molecule has 0 radical (unpaired) electrons. The second-order valence-electron chi connectivity index (χ2n) is 5.53. The summed E-state index contributed by atoms with van der Waals surface area (Å²) in [6.45, 7) is 0. The minimum Gasteiger partial charge on any atom is -0.397 e. The van der Waals surface area contributed by atoms with Crippen molar-refractivity contribution < 1.29 is 0 Å². The van der Waals surface area contributed by atoms with Crippen LogP contribution in [0.5, 0.6) is 0 Å². The fraction of sp³-hybridized carbons (Fsp3) is 0. The molecule has 0 saturated heterocycles. The molecule has 12 heteroatoms. The van der Waals surface area contributed by atoms with E-state index >= 15 is 0 Å². The number of anilines is 4. The summed E-state index contributed by atoms with van der Waals surface area (Å²) in [4.78, 5) is 15.5. The summed E-state index contributed by atoms with van der Waals surface area (Å²) in [5.41, 5.74) is 24.3. The van der Waals surface area contributed by atoms with Crippen LogP contribution in [0.15, 0.2) is 91.7 Å². The van der Waals surface area contributed by atoms with E-state index in [1.165, 1.54) is 0 Å². The summed E-state index contributed by atoms with van der Waals surface area (Å²) in [6, 6.07) is 14.3. The molecule has 0 spiro atoms. The van der Waals surface area contributed by atoms with Gasteiger partial charge in [-0.3, -0.25) is 0 Å². The lowest BCUT2D eigenvalue weighted by Gasteiger charge is -1.90. The number of hydrogen-bond acceptors (Lipinski definition) is 8. The molecule has 168 valence electrons. The van der Waals surface area contributed by atoms with Crippen LogP contribution in [0.1, 0.15) is 0 Å². The summed E-state index contributed by atoms with van der Waals surface area (Å²) in [7, 11) is 0. The Morgan fingerprint density at radius 1 is 0.406 bits per heavy atom. The first-order valence-electron chi connectivity index (χ1n) is 8.66. The van der Waals surface area contributed by atoms with Gasteiger partial charge in [0.1, 0.15) is 18.4 Å². The number of aromatic nitrogens is 4. The zero-order chi connectivity index (χ0) is 23.9. The molecule has 0 amide bonds. The van der Waals surface area contributed by atoms with Gasteiger partial charge in [0.15, 0.2) is 0 Å². The van der Waals surface area contributed by atoms with E-state index in [0.717, 1.165) is 0 Å². The van der Waals surface area contributed by atoms with E-state index in [1.54, 1.807) is 73.3 Å². The van der Waals surface area contributed by atoms with Crippen molar-refractivity contribution in [3.05, 3.63) is 91.7 Å². The monoisotopic (exact) mass is 688 g/mol. The molecule has 8 nitrogen and oxygen atoms in total. The predicted molar refractivity (Wildman–Crippen MR) is 145 cm³/mol. The molecule has 0 aliphatic rings. The van der Waals surface area contributed by atoms with Crippen LogP contribution in [-0.4, -0.2) is 19.9 Å². The van der Waals surface area contributed by atoms with Gasteiger partial charge in [-0.15, -0.1) is 0 Å². The minimum absolute atomic E-state index is 0.674. The van der Waals surface area contributed by atoms with E-state index in [9.17, 15) is 0 Å². The highest BCUT2D eigenvalue weighted by Gasteiger charge is 1.90. The molecule has 0 aromatic carbocycles. The topological polar surface area (TPSA) is 156 Å². The lowest BCUT2D eigenvalue weighted by atomic mass is 10.4. The van der Waals surface area contributed by atoms with Crippen LogP contribution in [-0.2, 0) is 0 Å². The van der Waals surface area contributed by atoms with Crippen LogP contribution in [0.2, 0.25) is 0 Å². The molecule has 0 saturated carbocycles. The van der Waals surface area contributed by atoms with Gasteiger partial charge in [0.2, 0.25) is 0 Å². The van der Waals surface area contributed by atoms with Crippen molar-refractivity contribution in [2.75, 3.05) is 22.9 Å². The Labute approximate surface area is 219 Å². The van der Waals surface area contributed by atoms with Gasteiger partial charge < -0.3 is 22.9 Å². The molecule has 0 aliphatic heterocycles. The van der Waals surface area contributed by atoms with Crippen molar-refractivity contribution in [1.29, 1.82) is 0 Å². The van der Waals surface area contributed by atoms with E-state index in [-0.39, 0.29) is 0 Å². The Hall–Kier alpha value is -2.28. The molecule has 0 aliphatic carbocycles. The highest BCUT2D eigenvalue weighted by atomic mass is 79.9. The second kappa shape index (κ2) is 15.5. The Bertz CT molecular complexity index is 840. The largest absolute Gasteiger partial charge is 0.397 e. The Morgan fingerprint density at radius 3 is 0.688 bits per heavy atom. The number of pyridine rings is 4. The number of nitrogen functional groups attached to an aromatic ring is 4. The first-order valence-corrected chi connectivity index (χ1v) is 11.8.